The van der Waals surface area contributed by atoms with Gasteiger partial charge in [-0.25, -0.2) is 13.1 Å². The summed E-state index contributed by atoms with van der Waals surface area (Å²) in [7, 11) is -3.54. The van der Waals surface area contributed by atoms with E-state index in [0.29, 0.717) is 10.3 Å². The Hall–Kier alpha value is -1.21. The van der Waals surface area contributed by atoms with Crippen LogP contribution in [0, 0.1) is 0 Å². The molecule has 1 saturated heterocycles. The van der Waals surface area contributed by atoms with Crippen LogP contribution in [0.5, 0.6) is 0 Å². The maximum absolute atomic E-state index is 12.7. The van der Waals surface area contributed by atoms with Crippen molar-refractivity contribution in [3.05, 3.63) is 36.7 Å². The van der Waals surface area contributed by atoms with E-state index in [1.165, 1.54) is 0 Å². The highest BCUT2D eigenvalue weighted by atomic mass is 35.5. The number of sulfonamides is 1. The molecule has 0 bridgehead atoms. The third-order valence-corrected chi connectivity index (χ3v) is 5.55. The number of benzene rings is 1. The summed E-state index contributed by atoms with van der Waals surface area (Å²) in [4.78, 5) is 4.36. The molecule has 1 fully saturated rings. The highest BCUT2D eigenvalue weighted by Crippen LogP contribution is 2.23. The number of aromatic nitrogens is 1. The van der Waals surface area contributed by atoms with Crippen LogP contribution < -0.4 is 10.0 Å². The lowest BCUT2D eigenvalue weighted by Crippen LogP contribution is -2.51. The van der Waals surface area contributed by atoms with Crippen molar-refractivity contribution in [1.82, 2.24) is 15.0 Å². The maximum atomic E-state index is 12.7. The second-order valence-corrected chi connectivity index (χ2v) is 7.15. The fraction of sp³-hybridized carbons (Fsp3) is 0.400. The first-order valence-corrected chi connectivity index (χ1v) is 8.65. The number of fused-ring (bicyclic) bond motifs is 1. The van der Waals surface area contributed by atoms with Gasteiger partial charge in [0.2, 0.25) is 10.0 Å². The van der Waals surface area contributed by atoms with Crippen molar-refractivity contribution in [3.63, 3.8) is 0 Å². The Balaban J connectivity index is 0.00000176. The van der Waals surface area contributed by atoms with Crippen LogP contribution in [0.15, 0.2) is 41.6 Å². The number of halogens is 1. The van der Waals surface area contributed by atoms with E-state index in [1.807, 2.05) is 13.0 Å². The third-order valence-electron chi connectivity index (χ3n) is 4.00. The lowest BCUT2D eigenvalue weighted by Gasteiger charge is -2.30. The van der Waals surface area contributed by atoms with E-state index in [9.17, 15) is 8.42 Å². The normalized spacial score (nSPS) is 22.2. The SMILES string of the molecule is CC1NCCCC1NS(=O)(=O)c1cccc2cnccc12.Cl. The Morgan fingerprint density at radius 3 is 2.91 bits per heavy atom. The van der Waals surface area contributed by atoms with E-state index in [4.69, 9.17) is 0 Å². The van der Waals surface area contributed by atoms with Crippen molar-refractivity contribution in [2.75, 3.05) is 6.54 Å². The monoisotopic (exact) mass is 341 g/mol. The molecular weight excluding hydrogens is 322 g/mol. The van der Waals surface area contributed by atoms with Crippen LogP contribution in [-0.4, -0.2) is 32.0 Å². The quantitative estimate of drug-likeness (QED) is 0.896. The molecular formula is C15H20ClN3O2S. The fourth-order valence-electron chi connectivity index (χ4n) is 2.79. The molecule has 120 valence electrons. The largest absolute Gasteiger partial charge is 0.313 e. The second kappa shape index (κ2) is 6.91. The second-order valence-electron chi connectivity index (χ2n) is 5.47. The third kappa shape index (κ3) is 3.41. The smallest absolute Gasteiger partial charge is 0.241 e. The first-order valence-electron chi connectivity index (χ1n) is 7.16. The molecule has 22 heavy (non-hydrogen) atoms. The molecule has 1 aliphatic heterocycles. The number of nitrogens with one attached hydrogen (secondary N) is 2. The number of piperidine rings is 1. The average Bonchev–Trinajstić information content (AvgIpc) is 2.49. The molecule has 2 atom stereocenters. The minimum absolute atomic E-state index is 0. The molecule has 1 aromatic carbocycles. The van der Waals surface area contributed by atoms with E-state index in [2.05, 4.69) is 15.0 Å². The van der Waals surface area contributed by atoms with Gasteiger partial charge in [-0.3, -0.25) is 4.98 Å². The topological polar surface area (TPSA) is 71.1 Å². The number of pyridine rings is 1. The average molecular weight is 342 g/mol. The number of rotatable bonds is 3. The molecule has 7 heteroatoms. The molecule has 0 spiro atoms. The molecule has 1 aliphatic rings. The molecule has 2 heterocycles. The minimum Gasteiger partial charge on any atom is -0.313 e. The summed E-state index contributed by atoms with van der Waals surface area (Å²) in [5.41, 5.74) is 0. The summed E-state index contributed by atoms with van der Waals surface area (Å²) in [5.74, 6) is 0. The van der Waals surface area contributed by atoms with Crippen molar-refractivity contribution < 1.29 is 8.42 Å². The van der Waals surface area contributed by atoms with Gasteiger partial charge in [0.1, 0.15) is 0 Å². The van der Waals surface area contributed by atoms with Crippen molar-refractivity contribution >= 4 is 33.2 Å². The van der Waals surface area contributed by atoms with Gasteiger partial charge >= 0.3 is 0 Å². The van der Waals surface area contributed by atoms with Gasteiger partial charge in [0.15, 0.2) is 0 Å². The summed E-state index contributed by atoms with van der Waals surface area (Å²) in [6.07, 6.45) is 5.14. The van der Waals surface area contributed by atoms with Gasteiger partial charge in [-0.1, -0.05) is 12.1 Å². The molecule has 1 aromatic heterocycles. The van der Waals surface area contributed by atoms with Crippen molar-refractivity contribution in [1.29, 1.82) is 0 Å². The van der Waals surface area contributed by atoms with E-state index >= 15 is 0 Å². The number of hydrogen-bond acceptors (Lipinski definition) is 4. The zero-order valence-electron chi connectivity index (χ0n) is 12.3. The van der Waals surface area contributed by atoms with Gasteiger partial charge in [-0.05, 0) is 38.4 Å². The minimum atomic E-state index is -3.54. The molecule has 5 nitrogen and oxygen atoms in total. The molecule has 0 amide bonds. The summed E-state index contributed by atoms with van der Waals surface area (Å²) in [6.45, 7) is 2.96. The summed E-state index contributed by atoms with van der Waals surface area (Å²) in [6, 6.07) is 7.08. The highest BCUT2D eigenvalue weighted by Gasteiger charge is 2.27. The lowest BCUT2D eigenvalue weighted by atomic mass is 10.0. The maximum Gasteiger partial charge on any atom is 0.241 e. The Kier molecular flexibility index (Phi) is 5.39. The van der Waals surface area contributed by atoms with Crippen molar-refractivity contribution in [3.8, 4) is 0 Å². The van der Waals surface area contributed by atoms with Crippen LogP contribution in [-0.2, 0) is 10.0 Å². The standard InChI is InChI=1S/C15H19N3O2S.ClH/c1-11-14(5-3-8-17-11)18-21(19,20)15-6-2-4-12-10-16-9-7-13(12)15;/h2,4,6-7,9-11,14,17-18H,3,5,8H2,1H3;1H. The van der Waals surface area contributed by atoms with E-state index in [1.54, 1.807) is 30.6 Å². The number of nitrogens with zero attached hydrogens (tertiary/aromatic N) is 1. The van der Waals surface area contributed by atoms with Crippen molar-refractivity contribution in [2.24, 2.45) is 0 Å². The zero-order chi connectivity index (χ0) is 14.9. The lowest BCUT2D eigenvalue weighted by molar-refractivity contribution is 0.349. The molecule has 2 N–H and O–H groups in total. The van der Waals surface area contributed by atoms with Crippen LogP contribution in [0.1, 0.15) is 19.8 Å². The van der Waals surface area contributed by atoms with Crippen LogP contribution >= 0.6 is 12.4 Å². The number of hydrogen-bond donors (Lipinski definition) is 2. The molecule has 2 aromatic rings. The van der Waals surface area contributed by atoms with E-state index in [0.717, 1.165) is 24.8 Å². The Morgan fingerprint density at radius 2 is 2.14 bits per heavy atom. The summed E-state index contributed by atoms with van der Waals surface area (Å²) in [5, 5.41) is 4.84. The van der Waals surface area contributed by atoms with E-state index in [-0.39, 0.29) is 24.5 Å². The van der Waals surface area contributed by atoms with E-state index < -0.39 is 10.0 Å². The van der Waals surface area contributed by atoms with Gasteiger partial charge in [0, 0.05) is 35.2 Å². The highest BCUT2D eigenvalue weighted by molar-refractivity contribution is 7.89. The van der Waals surface area contributed by atoms with Gasteiger partial charge in [0.25, 0.3) is 0 Å². The van der Waals surface area contributed by atoms with Gasteiger partial charge in [0.05, 0.1) is 4.90 Å². The van der Waals surface area contributed by atoms with Gasteiger partial charge in [-0.2, -0.15) is 0 Å². The van der Waals surface area contributed by atoms with Crippen molar-refractivity contribution in [2.45, 2.75) is 36.7 Å². The zero-order valence-corrected chi connectivity index (χ0v) is 14.0. The first kappa shape index (κ1) is 17.1. The predicted octanol–water partition coefficient (Wildman–Crippen LogP) is 2.08. The van der Waals surface area contributed by atoms with Crippen LogP contribution in [0.3, 0.4) is 0 Å². The Labute approximate surface area is 137 Å². The Morgan fingerprint density at radius 1 is 1.32 bits per heavy atom. The summed E-state index contributed by atoms with van der Waals surface area (Å²) < 4.78 is 28.2. The molecule has 0 saturated carbocycles. The molecule has 0 radical (unpaired) electrons. The van der Waals surface area contributed by atoms with Crippen LogP contribution in [0.25, 0.3) is 10.8 Å². The van der Waals surface area contributed by atoms with Gasteiger partial charge in [-0.15, -0.1) is 12.4 Å². The van der Waals surface area contributed by atoms with Crippen LogP contribution in [0.4, 0.5) is 0 Å². The van der Waals surface area contributed by atoms with Crippen LogP contribution in [0.2, 0.25) is 0 Å². The molecule has 0 aliphatic carbocycles. The molecule has 3 rings (SSSR count). The molecule has 2 unspecified atom stereocenters. The first-order chi connectivity index (χ1) is 10.1. The predicted molar refractivity (Wildman–Crippen MR) is 89.8 cm³/mol. The fourth-order valence-corrected chi connectivity index (χ4v) is 4.38. The Bertz CT molecular complexity index is 746. The van der Waals surface area contributed by atoms with Gasteiger partial charge < -0.3 is 5.32 Å². The summed E-state index contributed by atoms with van der Waals surface area (Å²) >= 11 is 0.